The third kappa shape index (κ3) is 2.40. The van der Waals surface area contributed by atoms with Gasteiger partial charge in [0.1, 0.15) is 0 Å². The molecular formula is C15H18ClN3O. The zero-order valence-corrected chi connectivity index (χ0v) is 12.3. The van der Waals surface area contributed by atoms with Gasteiger partial charge in [0.25, 0.3) is 5.91 Å². The molecule has 0 N–H and O–H groups in total. The van der Waals surface area contributed by atoms with Gasteiger partial charge in [0.2, 0.25) is 0 Å². The number of hydrogen-bond donors (Lipinski definition) is 0. The second-order valence-electron chi connectivity index (χ2n) is 5.40. The Morgan fingerprint density at radius 1 is 1.40 bits per heavy atom. The maximum Gasteiger partial charge on any atom is 0.257 e. The molecule has 5 heteroatoms. The fourth-order valence-corrected chi connectivity index (χ4v) is 3.08. The van der Waals surface area contributed by atoms with E-state index in [-0.39, 0.29) is 11.3 Å². The van der Waals surface area contributed by atoms with E-state index in [1.807, 2.05) is 36.2 Å². The number of nitrogens with zero attached hydrogens (tertiary/aromatic N) is 3. The molecule has 20 heavy (non-hydrogen) atoms. The van der Waals surface area contributed by atoms with Crippen molar-refractivity contribution in [3.8, 4) is 0 Å². The number of amides is 1. The lowest BCUT2D eigenvalue weighted by Gasteiger charge is -2.33. The molecule has 2 aromatic rings. The maximum absolute atomic E-state index is 12.6. The molecule has 3 rings (SSSR count). The van der Waals surface area contributed by atoms with Gasteiger partial charge in [0.15, 0.2) is 0 Å². The molecule has 1 atom stereocenters. The van der Waals surface area contributed by atoms with E-state index in [1.165, 1.54) is 0 Å². The molecule has 0 saturated carbocycles. The lowest BCUT2D eigenvalue weighted by molar-refractivity contribution is 0.0692. The second kappa shape index (κ2) is 5.44. The van der Waals surface area contributed by atoms with E-state index < -0.39 is 0 Å². The fourth-order valence-electron chi connectivity index (χ4n) is 2.83. The Bertz CT molecular complexity index is 614. The molecule has 2 aromatic heterocycles. The van der Waals surface area contributed by atoms with Crippen LogP contribution in [0.25, 0.3) is 5.52 Å². The van der Waals surface area contributed by atoms with Crippen molar-refractivity contribution < 1.29 is 4.79 Å². The molecule has 3 heterocycles. The Kier molecular flexibility index (Phi) is 3.66. The molecule has 4 nitrogen and oxygen atoms in total. The van der Waals surface area contributed by atoms with E-state index in [2.05, 4.69) is 5.10 Å². The van der Waals surface area contributed by atoms with E-state index in [0.29, 0.717) is 11.5 Å². The molecular weight excluding hydrogens is 274 g/mol. The van der Waals surface area contributed by atoms with Crippen LogP contribution in [0.15, 0.2) is 30.6 Å². The van der Waals surface area contributed by atoms with Crippen LogP contribution in [0, 0.1) is 5.92 Å². The van der Waals surface area contributed by atoms with Crippen molar-refractivity contribution in [3.05, 3.63) is 36.2 Å². The van der Waals surface area contributed by atoms with Crippen molar-refractivity contribution >= 4 is 23.0 Å². The van der Waals surface area contributed by atoms with Crippen LogP contribution in [-0.4, -0.2) is 38.9 Å². The van der Waals surface area contributed by atoms with Gasteiger partial charge < -0.3 is 4.90 Å². The molecule has 1 unspecified atom stereocenters. The Morgan fingerprint density at radius 2 is 2.15 bits per heavy atom. The van der Waals surface area contributed by atoms with E-state index in [4.69, 9.17) is 11.6 Å². The number of carbonyl (C=O) groups is 1. The summed E-state index contributed by atoms with van der Waals surface area (Å²) in [5.74, 6) is 0.594. The van der Waals surface area contributed by atoms with E-state index in [9.17, 15) is 4.79 Å². The van der Waals surface area contributed by atoms with Crippen molar-refractivity contribution in [1.82, 2.24) is 14.5 Å². The van der Waals surface area contributed by atoms with Gasteiger partial charge in [-0.05, 0) is 37.8 Å². The van der Waals surface area contributed by atoms with Gasteiger partial charge in [-0.1, -0.05) is 6.07 Å². The lowest BCUT2D eigenvalue weighted by Crippen LogP contribution is -2.40. The van der Waals surface area contributed by atoms with Crippen LogP contribution in [0.4, 0.5) is 0 Å². The Hall–Kier alpha value is -1.55. The van der Waals surface area contributed by atoms with Crippen LogP contribution in [0.3, 0.4) is 0 Å². The number of carbonyl (C=O) groups excluding carboxylic acids is 1. The normalized spacial score (nSPS) is 18.4. The van der Waals surface area contributed by atoms with E-state index >= 15 is 0 Å². The third-order valence-corrected chi connectivity index (χ3v) is 4.49. The van der Waals surface area contributed by atoms with E-state index in [0.717, 1.165) is 31.4 Å². The Balaban J connectivity index is 1.77. The minimum atomic E-state index is 0.0758. The van der Waals surface area contributed by atoms with Crippen molar-refractivity contribution in [1.29, 1.82) is 0 Å². The molecule has 0 aromatic carbocycles. The first-order valence-electron chi connectivity index (χ1n) is 7.02. The van der Waals surface area contributed by atoms with Crippen molar-refractivity contribution in [3.63, 3.8) is 0 Å². The first-order valence-corrected chi connectivity index (χ1v) is 7.46. The zero-order valence-electron chi connectivity index (χ0n) is 11.5. The van der Waals surface area contributed by atoms with Crippen LogP contribution in [-0.2, 0) is 0 Å². The predicted octanol–water partition coefficient (Wildman–Crippen LogP) is 2.81. The van der Waals surface area contributed by atoms with Crippen LogP contribution in [0.5, 0.6) is 0 Å². The van der Waals surface area contributed by atoms with Crippen molar-refractivity contribution in [2.75, 3.05) is 13.1 Å². The first kappa shape index (κ1) is 13.4. The summed E-state index contributed by atoms with van der Waals surface area (Å²) < 4.78 is 1.74. The van der Waals surface area contributed by atoms with Crippen LogP contribution < -0.4 is 0 Å². The summed E-state index contributed by atoms with van der Waals surface area (Å²) in [4.78, 5) is 14.5. The number of rotatable bonds is 2. The monoisotopic (exact) mass is 291 g/mol. The molecule has 0 aliphatic carbocycles. The molecule has 1 fully saturated rings. The number of fused-ring (bicyclic) bond motifs is 1. The zero-order chi connectivity index (χ0) is 14.1. The molecule has 0 bridgehead atoms. The topological polar surface area (TPSA) is 37.6 Å². The minimum Gasteiger partial charge on any atom is -0.339 e. The highest BCUT2D eigenvalue weighted by molar-refractivity contribution is 6.20. The van der Waals surface area contributed by atoms with Crippen molar-refractivity contribution in [2.24, 2.45) is 5.92 Å². The second-order valence-corrected chi connectivity index (χ2v) is 6.08. The largest absolute Gasteiger partial charge is 0.339 e. The summed E-state index contributed by atoms with van der Waals surface area (Å²) in [6, 6.07) is 5.75. The smallest absolute Gasteiger partial charge is 0.257 e. The Labute approximate surface area is 123 Å². The minimum absolute atomic E-state index is 0.0758. The van der Waals surface area contributed by atoms with Gasteiger partial charge in [-0.2, -0.15) is 5.10 Å². The third-order valence-electron chi connectivity index (χ3n) is 4.13. The molecule has 106 valence electrons. The summed E-state index contributed by atoms with van der Waals surface area (Å²) in [7, 11) is 0. The van der Waals surface area contributed by atoms with Gasteiger partial charge in [0.05, 0.1) is 17.3 Å². The highest BCUT2D eigenvalue weighted by atomic mass is 35.5. The van der Waals surface area contributed by atoms with Crippen LogP contribution >= 0.6 is 11.6 Å². The number of pyridine rings is 1. The van der Waals surface area contributed by atoms with Crippen LogP contribution in [0.1, 0.15) is 30.1 Å². The molecule has 0 radical (unpaired) electrons. The predicted molar refractivity (Wildman–Crippen MR) is 79.1 cm³/mol. The summed E-state index contributed by atoms with van der Waals surface area (Å²) in [6.07, 6.45) is 5.48. The SMILES string of the molecule is CC(Cl)C1CCN(C(=O)c2cnn3ccccc23)CC1. The quantitative estimate of drug-likeness (QED) is 0.798. The number of likely N-dealkylation sites (tertiary alicyclic amines) is 1. The van der Waals surface area contributed by atoms with Gasteiger partial charge in [-0.15, -0.1) is 11.6 Å². The molecule has 1 aliphatic rings. The van der Waals surface area contributed by atoms with Gasteiger partial charge >= 0.3 is 0 Å². The average molecular weight is 292 g/mol. The van der Waals surface area contributed by atoms with Gasteiger partial charge in [-0.3, -0.25) is 4.79 Å². The Morgan fingerprint density at radius 3 is 2.85 bits per heavy atom. The number of halogens is 1. The number of hydrogen-bond acceptors (Lipinski definition) is 2. The van der Waals surface area contributed by atoms with Gasteiger partial charge in [0, 0.05) is 24.7 Å². The van der Waals surface area contributed by atoms with Gasteiger partial charge in [-0.25, -0.2) is 4.52 Å². The first-order chi connectivity index (χ1) is 9.66. The molecule has 1 aliphatic heterocycles. The van der Waals surface area contributed by atoms with Crippen LogP contribution in [0.2, 0.25) is 0 Å². The summed E-state index contributed by atoms with van der Waals surface area (Å²) >= 11 is 6.14. The molecule has 1 saturated heterocycles. The highest BCUT2D eigenvalue weighted by Crippen LogP contribution is 2.25. The number of alkyl halides is 1. The summed E-state index contributed by atoms with van der Waals surface area (Å²) in [5.41, 5.74) is 1.55. The molecule has 0 spiro atoms. The van der Waals surface area contributed by atoms with Crippen molar-refractivity contribution in [2.45, 2.75) is 25.1 Å². The maximum atomic E-state index is 12.6. The summed E-state index contributed by atoms with van der Waals surface area (Å²) in [6.45, 7) is 3.60. The van der Waals surface area contributed by atoms with E-state index in [1.54, 1.807) is 10.7 Å². The number of aromatic nitrogens is 2. The number of piperidine rings is 1. The highest BCUT2D eigenvalue weighted by Gasteiger charge is 2.27. The molecule has 1 amide bonds. The summed E-state index contributed by atoms with van der Waals surface area (Å²) in [5, 5.41) is 4.41. The fraction of sp³-hybridized carbons (Fsp3) is 0.467. The standard InChI is InChI=1S/C15H18ClN3O/c1-11(16)12-5-8-18(9-6-12)15(20)13-10-17-19-7-3-2-4-14(13)19/h2-4,7,10-12H,5-6,8-9H2,1H3. The lowest BCUT2D eigenvalue weighted by atomic mass is 9.93. The average Bonchev–Trinajstić information content (AvgIpc) is 2.90.